The highest BCUT2D eigenvalue weighted by atomic mass is 19.1. The van der Waals surface area contributed by atoms with Crippen LogP contribution in [0.25, 0.3) is 0 Å². The van der Waals surface area contributed by atoms with Gasteiger partial charge in [0.2, 0.25) is 0 Å². The molecule has 0 aliphatic carbocycles. The second-order valence-corrected chi connectivity index (χ2v) is 7.29. The zero-order valence-corrected chi connectivity index (χ0v) is 16.6. The molecule has 154 valence electrons. The van der Waals surface area contributed by atoms with E-state index in [-0.39, 0.29) is 12.3 Å². The molecule has 2 heterocycles. The van der Waals surface area contributed by atoms with Crippen LogP contribution in [0.5, 0.6) is 5.75 Å². The number of anilines is 1. The summed E-state index contributed by atoms with van der Waals surface area (Å²) in [7, 11) is 1.52. The Morgan fingerprint density at radius 3 is 2.80 bits per heavy atom. The maximum Gasteiger partial charge on any atom is 0.272 e. The van der Waals surface area contributed by atoms with Crippen LogP contribution in [0.2, 0.25) is 0 Å². The molecule has 1 unspecified atom stereocenters. The van der Waals surface area contributed by atoms with E-state index in [1.807, 2.05) is 31.2 Å². The summed E-state index contributed by atoms with van der Waals surface area (Å²) in [6, 6.07) is 12.8. The highest BCUT2D eigenvalue weighted by molar-refractivity contribution is 6.02. The summed E-state index contributed by atoms with van der Waals surface area (Å²) in [6.07, 6.45) is 0.607. The van der Waals surface area contributed by atoms with E-state index in [9.17, 15) is 14.0 Å². The highest BCUT2D eigenvalue weighted by Gasteiger charge is 2.31. The van der Waals surface area contributed by atoms with Gasteiger partial charge in [-0.05, 0) is 30.7 Å². The molecule has 0 saturated carbocycles. The van der Waals surface area contributed by atoms with Crippen molar-refractivity contribution >= 4 is 17.5 Å². The summed E-state index contributed by atoms with van der Waals surface area (Å²) >= 11 is 0. The molecule has 1 aromatic heterocycles. The van der Waals surface area contributed by atoms with Gasteiger partial charge in [0.1, 0.15) is 29.9 Å². The second kappa shape index (κ2) is 7.98. The first-order chi connectivity index (χ1) is 14.4. The van der Waals surface area contributed by atoms with E-state index in [0.717, 1.165) is 11.3 Å². The molecule has 1 aliphatic heterocycles. The van der Waals surface area contributed by atoms with E-state index in [2.05, 4.69) is 15.5 Å². The van der Waals surface area contributed by atoms with Crippen LogP contribution in [0.4, 0.5) is 10.1 Å². The van der Waals surface area contributed by atoms with Gasteiger partial charge in [-0.15, -0.1) is 0 Å². The quantitative estimate of drug-likeness (QED) is 0.695. The van der Waals surface area contributed by atoms with Gasteiger partial charge in [-0.1, -0.05) is 29.8 Å². The predicted molar refractivity (Wildman–Crippen MR) is 109 cm³/mol. The molecule has 8 heteroatoms. The maximum absolute atomic E-state index is 13.6. The third kappa shape index (κ3) is 4.03. The monoisotopic (exact) mass is 408 g/mol. The maximum atomic E-state index is 13.6. The molecule has 3 aromatic rings. The lowest BCUT2D eigenvalue weighted by atomic mass is 10.1. The molecule has 1 aliphatic rings. The van der Waals surface area contributed by atoms with Crippen molar-refractivity contribution in [3.63, 3.8) is 0 Å². The SMILES string of the molecule is Cc1ccc(Cc2cc(C(=O)NC3COc4ccc(F)cc4N(C)C3=O)n[nH]2)cc1. The smallest absolute Gasteiger partial charge is 0.272 e. The average Bonchev–Trinajstić information content (AvgIpc) is 3.17. The molecule has 7 nitrogen and oxygen atoms in total. The molecular weight excluding hydrogens is 387 g/mol. The fraction of sp³-hybridized carbons (Fsp3) is 0.227. The van der Waals surface area contributed by atoms with E-state index in [1.165, 1.54) is 35.7 Å². The Balaban J connectivity index is 1.44. The summed E-state index contributed by atoms with van der Waals surface area (Å²) in [5.74, 6) is -0.988. The first kappa shape index (κ1) is 19.6. The zero-order valence-electron chi connectivity index (χ0n) is 16.6. The van der Waals surface area contributed by atoms with Gasteiger partial charge in [-0.25, -0.2) is 4.39 Å². The number of benzene rings is 2. The van der Waals surface area contributed by atoms with Crippen LogP contribution in [0, 0.1) is 12.7 Å². The van der Waals surface area contributed by atoms with E-state index < -0.39 is 23.7 Å². The summed E-state index contributed by atoms with van der Waals surface area (Å²) in [6.45, 7) is 1.96. The lowest BCUT2D eigenvalue weighted by Gasteiger charge is -2.20. The Morgan fingerprint density at radius 1 is 1.27 bits per heavy atom. The number of nitrogens with zero attached hydrogens (tertiary/aromatic N) is 2. The van der Waals surface area contributed by atoms with Crippen LogP contribution < -0.4 is 15.0 Å². The van der Waals surface area contributed by atoms with Gasteiger partial charge in [-0.3, -0.25) is 14.7 Å². The number of ether oxygens (including phenoxy) is 1. The van der Waals surface area contributed by atoms with Crippen molar-refractivity contribution in [3.8, 4) is 5.75 Å². The third-order valence-corrected chi connectivity index (χ3v) is 5.00. The number of hydrogen-bond donors (Lipinski definition) is 2. The molecule has 0 bridgehead atoms. The molecule has 0 fully saturated rings. The molecule has 1 atom stereocenters. The lowest BCUT2D eigenvalue weighted by molar-refractivity contribution is -0.120. The largest absolute Gasteiger partial charge is 0.489 e. The van der Waals surface area contributed by atoms with E-state index >= 15 is 0 Å². The van der Waals surface area contributed by atoms with Crippen LogP contribution >= 0.6 is 0 Å². The first-order valence-electron chi connectivity index (χ1n) is 9.51. The molecule has 4 rings (SSSR count). The van der Waals surface area contributed by atoms with Crippen molar-refractivity contribution in [2.75, 3.05) is 18.6 Å². The number of aromatic amines is 1. The van der Waals surface area contributed by atoms with Crippen molar-refractivity contribution in [1.29, 1.82) is 0 Å². The minimum absolute atomic E-state index is 0.0613. The number of fused-ring (bicyclic) bond motifs is 1. The number of aryl methyl sites for hydroxylation is 1. The van der Waals surface area contributed by atoms with Gasteiger partial charge < -0.3 is 15.0 Å². The first-order valence-corrected chi connectivity index (χ1v) is 9.51. The molecule has 0 spiro atoms. The van der Waals surface area contributed by atoms with Crippen LogP contribution in [-0.4, -0.2) is 41.7 Å². The van der Waals surface area contributed by atoms with Gasteiger partial charge in [0, 0.05) is 25.2 Å². The molecule has 0 radical (unpaired) electrons. The summed E-state index contributed by atoms with van der Waals surface area (Å²) in [5.41, 5.74) is 3.55. The van der Waals surface area contributed by atoms with Crippen LogP contribution in [0.3, 0.4) is 0 Å². The summed E-state index contributed by atoms with van der Waals surface area (Å²) < 4.78 is 19.2. The Bertz CT molecular complexity index is 1090. The minimum Gasteiger partial charge on any atom is -0.489 e. The second-order valence-electron chi connectivity index (χ2n) is 7.29. The average molecular weight is 408 g/mol. The number of nitrogens with one attached hydrogen (secondary N) is 2. The fourth-order valence-electron chi connectivity index (χ4n) is 3.30. The molecule has 2 aromatic carbocycles. The van der Waals surface area contributed by atoms with Crippen molar-refractivity contribution in [3.05, 3.63) is 76.9 Å². The van der Waals surface area contributed by atoms with Gasteiger partial charge in [-0.2, -0.15) is 5.10 Å². The van der Waals surface area contributed by atoms with Crippen LogP contribution in [-0.2, 0) is 11.2 Å². The van der Waals surface area contributed by atoms with Crippen molar-refractivity contribution < 1.29 is 18.7 Å². The molecule has 2 N–H and O–H groups in total. The van der Waals surface area contributed by atoms with E-state index in [1.54, 1.807) is 6.07 Å². The number of H-pyrrole nitrogens is 1. The lowest BCUT2D eigenvalue weighted by Crippen LogP contribution is -2.49. The van der Waals surface area contributed by atoms with Gasteiger partial charge >= 0.3 is 0 Å². The van der Waals surface area contributed by atoms with Crippen molar-refractivity contribution in [2.24, 2.45) is 0 Å². The van der Waals surface area contributed by atoms with Gasteiger partial charge in [0.25, 0.3) is 11.8 Å². The molecule has 2 amide bonds. The summed E-state index contributed by atoms with van der Waals surface area (Å²) in [5, 5.41) is 9.58. The highest BCUT2D eigenvalue weighted by Crippen LogP contribution is 2.31. The number of carbonyl (C=O) groups is 2. The fourth-order valence-corrected chi connectivity index (χ4v) is 3.30. The number of likely N-dealkylation sites (N-methyl/N-ethyl adjacent to an activating group) is 1. The van der Waals surface area contributed by atoms with Gasteiger partial charge in [0.05, 0.1) is 5.69 Å². The zero-order chi connectivity index (χ0) is 21.3. The third-order valence-electron chi connectivity index (χ3n) is 5.00. The van der Waals surface area contributed by atoms with E-state index in [0.29, 0.717) is 17.9 Å². The number of rotatable bonds is 4. The standard InChI is InChI=1S/C22H21FN4O3/c1-13-3-5-14(6-4-13)9-16-11-17(26-25-16)21(28)24-18-12-30-20-8-7-15(23)10-19(20)27(2)22(18)29/h3-8,10-11,18H,9,12H2,1-2H3,(H,24,28)(H,25,26). The van der Waals surface area contributed by atoms with Crippen molar-refractivity contribution in [2.45, 2.75) is 19.4 Å². The Morgan fingerprint density at radius 2 is 2.03 bits per heavy atom. The minimum atomic E-state index is -0.921. The Hall–Kier alpha value is -3.68. The number of aromatic nitrogens is 2. The number of amides is 2. The Labute approximate surface area is 172 Å². The molecule has 0 saturated heterocycles. The molecule has 30 heavy (non-hydrogen) atoms. The van der Waals surface area contributed by atoms with Crippen LogP contribution in [0.1, 0.15) is 27.3 Å². The topological polar surface area (TPSA) is 87.3 Å². The molecular formula is C22H21FN4O3. The van der Waals surface area contributed by atoms with Crippen molar-refractivity contribution in [1.82, 2.24) is 15.5 Å². The summed E-state index contributed by atoms with van der Waals surface area (Å²) in [4.78, 5) is 26.7. The predicted octanol–water partition coefficient (Wildman–Crippen LogP) is 2.60. The number of hydrogen-bond acceptors (Lipinski definition) is 4. The number of halogens is 1. The normalized spacial score (nSPS) is 15.9. The Kier molecular flexibility index (Phi) is 5.22. The van der Waals surface area contributed by atoms with Crippen LogP contribution in [0.15, 0.2) is 48.5 Å². The van der Waals surface area contributed by atoms with Gasteiger partial charge in [0.15, 0.2) is 0 Å². The van der Waals surface area contributed by atoms with E-state index in [4.69, 9.17) is 4.74 Å². The number of carbonyl (C=O) groups excluding carboxylic acids is 2.